The van der Waals surface area contributed by atoms with Gasteiger partial charge in [-0.2, -0.15) is 0 Å². The topological polar surface area (TPSA) is 64.3 Å². The molecule has 4 heteroatoms. The van der Waals surface area contributed by atoms with Gasteiger partial charge in [-0.1, -0.05) is 11.8 Å². The smallest absolute Gasteiger partial charge is 0.256 e. The van der Waals surface area contributed by atoms with E-state index in [1.54, 1.807) is 13.8 Å². The van der Waals surface area contributed by atoms with Gasteiger partial charge in [0.15, 0.2) is 0 Å². The molecule has 0 spiro atoms. The van der Waals surface area contributed by atoms with Gasteiger partial charge in [0, 0.05) is 18.4 Å². The van der Waals surface area contributed by atoms with Gasteiger partial charge >= 0.3 is 0 Å². The van der Waals surface area contributed by atoms with Gasteiger partial charge in [0.1, 0.15) is 5.60 Å². The molecular weight excluding hydrogens is 240 g/mol. The molecule has 0 bridgehead atoms. The maximum atomic E-state index is 12.0. The van der Waals surface area contributed by atoms with Gasteiger partial charge in [-0.15, -0.1) is 0 Å². The minimum atomic E-state index is -0.857. The summed E-state index contributed by atoms with van der Waals surface area (Å²) in [6.45, 7) is 5.69. The van der Waals surface area contributed by atoms with E-state index in [2.05, 4.69) is 17.2 Å². The number of rotatable bonds is 3. The zero-order valence-electron chi connectivity index (χ0n) is 11.8. The fourth-order valence-electron chi connectivity index (χ4n) is 1.40. The van der Waals surface area contributed by atoms with Crippen LogP contribution < -0.4 is 11.1 Å². The quantitative estimate of drug-likeness (QED) is 0.813. The number of anilines is 1. The van der Waals surface area contributed by atoms with Crippen molar-refractivity contribution in [2.75, 3.05) is 19.0 Å². The van der Waals surface area contributed by atoms with Gasteiger partial charge in [0.2, 0.25) is 0 Å². The minimum Gasteiger partial charge on any atom is -0.369 e. The van der Waals surface area contributed by atoms with E-state index in [-0.39, 0.29) is 5.91 Å². The summed E-state index contributed by atoms with van der Waals surface area (Å²) in [5.74, 6) is 5.57. The number of aryl methyl sites for hydroxylation is 1. The first-order valence-electron chi connectivity index (χ1n) is 6.07. The lowest BCUT2D eigenvalue weighted by Crippen LogP contribution is -2.38. The van der Waals surface area contributed by atoms with Crippen molar-refractivity contribution in [2.45, 2.75) is 26.4 Å². The Morgan fingerprint density at radius 1 is 1.47 bits per heavy atom. The number of hydrogen-bond donors (Lipinski definition) is 2. The van der Waals surface area contributed by atoms with Crippen LogP contribution >= 0.6 is 0 Å². The third-order valence-corrected chi connectivity index (χ3v) is 2.87. The first-order chi connectivity index (χ1) is 8.90. The number of carbonyl (C=O) groups is 1. The molecule has 0 saturated heterocycles. The fraction of sp³-hybridized carbons (Fsp3) is 0.400. The van der Waals surface area contributed by atoms with Crippen molar-refractivity contribution in [3.8, 4) is 11.8 Å². The van der Waals surface area contributed by atoms with Gasteiger partial charge in [0.05, 0.1) is 6.54 Å². The fourth-order valence-corrected chi connectivity index (χ4v) is 1.40. The van der Waals surface area contributed by atoms with Crippen molar-refractivity contribution in [3.05, 3.63) is 29.3 Å². The van der Waals surface area contributed by atoms with Crippen molar-refractivity contribution in [1.82, 2.24) is 0 Å². The monoisotopic (exact) mass is 260 g/mol. The van der Waals surface area contributed by atoms with Crippen molar-refractivity contribution in [2.24, 2.45) is 5.73 Å². The number of amides is 1. The maximum Gasteiger partial charge on any atom is 0.256 e. The predicted octanol–water partition coefficient (Wildman–Crippen LogP) is 1.67. The molecule has 0 atom stereocenters. The molecule has 0 aliphatic carbocycles. The van der Waals surface area contributed by atoms with Crippen LogP contribution in [0.25, 0.3) is 0 Å². The third kappa shape index (κ3) is 4.09. The lowest BCUT2D eigenvalue weighted by Gasteiger charge is -2.22. The van der Waals surface area contributed by atoms with E-state index in [1.807, 2.05) is 25.1 Å². The van der Waals surface area contributed by atoms with Gasteiger partial charge in [-0.05, 0) is 44.5 Å². The van der Waals surface area contributed by atoms with Crippen molar-refractivity contribution in [3.63, 3.8) is 0 Å². The van der Waals surface area contributed by atoms with Crippen LogP contribution in [0.3, 0.4) is 0 Å². The number of hydrogen-bond acceptors (Lipinski definition) is 3. The third-order valence-electron chi connectivity index (χ3n) is 2.87. The zero-order valence-corrected chi connectivity index (χ0v) is 11.8. The van der Waals surface area contributed by atoms with Gasteiger partial charge in [-0.25, -0.2) is 0 Å². The Kier molecular flexibility index (Phi) is 5.11. The summed E-state index contributed by atoms with van der Waals surface area (Å²) in [5, 5.41) is 2.85. The summed E-state index contributed by atoms with van der Waals surface area (Å²) in [4.78, 5) is 12.0. The molecule has 0 fully saturated rings. The maximum absolute atomic E-state index is 12.0. The number of carbonyl (C=O) groups excluding carboxylic acids is 1. The number of ether oxygens (including phenoxy) is 1. The first-order valence-corrected chi connectivity index (χ1v) is 6.07. The molecule has 1 amide bonds. The second-order valence-corrected chi connectivity index (χ2v) is 4.70. The zero-order chi connectivity index (χ0) is 14.5. The summed E-state index contributed by atoms with van der Waals surface area (Å²) in [6.07, 6.45) is 0. The van der Waals surface area contributed by atoms with E-state index in [0.717, 1.165) is 16.8 Å². The number of nitrogens with two attached hydrogens (primary N) is 1. The molecular formula is C15H20N2O2. The lowest BCUT2D eigenvalue weighted by molar-refractivity contribution is -0.133. The molecule has 0 aliphatic rings. The van der Waals surface area contributed by atoms with Crippen molar-refractivity contribution < 1.29 is 9.53 Å². The Morgan fingerprint density at radius 3 is 2.68 bits per heavy atom. The molecule has 0 heterocycles. The van der Waals surface area contributed by atoms with E-state index in [0.29, 0.717) is 6.54 Å². The minimum absolute atomic E-state index is 0.182. The van der Waals surface area contributed by atoms with Crippen molar-refractivity contribution in [1.29, 1.82) is 0 Å². The van der Waals surface area contributed by atoms with E-state index >= 15 is 0 Å². The van der Waals surface area contributed by atoms with Gasteiger partial charge < -0.3 is 15.8 Å². The number of methoxy groups -OCH3 is 1. The molecule has 0 unspecified atom stereocenters. The average molecular weight is 260 g/mol. The van der Waals surface area contributed by atoms with Crippen LogP contribution in [-0.2, 0) is 9.53 Å². The van der Waals surface area contributed by atoms with E-state index in [9.17, 15) is 4.79 Å². The van der Waals surface area contributed by atoms with Crippen LogP contribution in [0, 0.1) is 18.8 Å². The summed E-state index contributed by atoms with van der Waals surface area (Å²) in [7, 11) is 1.51. The predicted molar refractivity (Wildman–Crippen MR) is 76.8 cm³/mol. The second-order valence-electron chi connectivity index (χ2n) is 4.70. The summed E-state index contributed by atoms with van der Waals surface area (Å²) >= 11 is 0. The van der Waals surface area contributed by atoms with Crippen LogP contribution in [0.4, 0.5) is 5.69 Å². The molecule has 0 aliphatic heterocycles. The number of nitrogens with one attached hydrogen (secondary N) is 1. The average Bonchev–Trinajstić information content (AvgIpc) is 2.39. The summed E-state index contributed by atoms with van der Waals surface area (Å²) in [6, 6.07) is 5.60. The van der Waals surface area contributed by atoms with Crippen LogP contribution in [-0.4, -0.2) is 25.2 Å². The van der Waals surface area contributed by atoms with Crippen LogP contribution in [0.5, 0.6) is 0 Å². The Balaban J connectivity index is 2.89. The van der Waals surface area contributed by atoms with Gasteiger partial charge in [-0.3, -0.25) is 4.79 Å². The van der Waals surface area contributed by atoms with E-state index < -0.39 is 5.60 Å². The molecule has 4 nitrogen and oxygen atoms in total. The molecule has 19 heavy (non-hydrogen) atoms. The highest BCUT2D eigenvalue weighted by molar-refractivity contribution is 5.97. The molecule has 1 aromatic rings. The standard InChI is InChI=1S/C15H20N2O2/c1-11-10-12(6-5-9-16)7-8-13(11)17-14(18)15(2,3)19-4/h7-8,10H,9,16H2,1-4H3,(H,17,18). The molecule has 1 aromatic carbocycles. The van der Waals surface area contributed by atoms with E-state index in [4.69, 9.17) is 10.5 Å². The van der Waals surface area contributed by atoms with E-state index in [1.165, 1.54) is 7.11 Å². The Bertz CT molecular complexity index is 525. The summed E-state index contributed by atoms with van der Waals surface area (Å²) in [5.41, 5.74) is 7.06. The molecule has 0 radical (unpaired) electrons. The van der Waals surface area contributed by atoms with Crippen LogP contribution in [0.2, 0.25) is 0 Å². The SMILES string of the molecule is COC(C)(C)C(=O)Nc1ccc(C#CCN)cc1C. The van der Waals surface area contributed by atoms with Crippen LogP contribution in [0.1, 0.15) is 25.0 Å². The Hall–Kier alpha value is -1.83. The lowest BCUT2D eigenvalue weighted by atomic mass is 10.1. The second kappa shape index (κ2) is 6.37. The van der Waals surface area contributed by atoms with Crippen LogP contribution in [0.15, 0.2) is 18.2 Å². The highest BCUT2D eigenvalue weighted by Crippen LogP contribution is 2.18. The largest absolute Gasteiger partial charge is 0.369 e. The molecule has 0 saturated carbocycles. The molecule has 102 valence electrons. The summed E-state index contributed by atoms with van der Waals surface area (Å²) < 4.78 is 5.14. The molecule has 0 aromatic heterocycles. The highest BCUT2D eigenvalue weighted by atomic mass is 16.5. The first kappa shape index (κ1) is 15.2. The normalized spacial score (nSPS) is 10.6. The molecule has 3 N–H and O–H groups in total. The molecule has 1 rings (SSSR count). The van der Waals surface area contributed by atoms with Gasteiger partial charge in [0.25, 0.3) is 5.91 Å². The highest BCUT2D eigenvalue weighted by Gasteiger charge is 2.27. The van der Waals surface area contributed by atoms with Crippen molar-refractivity contribution >= 4 is 11.6 Å². The Labute approximate surface area is 114 Å². The number of benzene rings is 1. The Morgan fingerprint density at radius 2 is 2.16 bits per heavy atom.